The van der Waals surface area contributed by atoms with E-state index >= 15 is 0 Å². The molecule has 2 aromatic carbocycles. The zero-order valence-corrected chi connectivity index (χ0v) is 18.0. The second kappa shape index (κ2) is 7.28. The van der Waals surface area contributed by atoms with Crippen LogP contribution in [0.3, 0.4) is 0 Å². The number of hydrogen-bond acceptors (Lipinski definition) is 4. The van der Waals surface area contributed by atoms with Gasteiger partial charge in [0.05, 0.1) is 16.3 Å². The molecular formula is C24H23N3O3S. The highest BCUT2D eigenvalue weighted by molar-refractivity contribution is 7.89. The standard InChI is InChI=1S/C24H23N3O3S/c1-15-22(31(25,29)30)8-7-16-9-11-27(23(15)16)24(28)20-12-17-5-6-18(13-19(17)14-20)21-4-2-3-10-26-21/h2-8,10,13,20H,9,11-12,14H2,1H3,(H2,25,29,30). The largest absolute Gasteiger partial charge is 0.311 e. The number of amides is 1. The first-order valence-corrected chi connectivity index (χ1v) is 11.9. The molecule has 1 aliphatic heterocycles. The van der Waals surface area contributed by atoms with Crippen LogP contribution in [0, 0.1) is 12.8 Å². The van der Waals surface area contributed by atoms with Gasteiger partial charge in [0.25, 0.3) is 0 Å². The number of anilines is 1. The highest BCUT2D eigenvalue weighted by atomic mass is 32.2. The summed E-state index contributed by atoms with van der Waals surface area (Å²) in [5.41, 5.74) is 6.59. The maximum Gasteiger partial charge on any atom is 0.238 e. The highest BCUT2D eigenvalue weighted by Gasteiger charge is 2.36. The molecule has 2 N–H and O–H groups in total. The quantitative estimate of drug-likeness (QED) is 0.687. The number of carbonyl (C=O) groups is 1. The molecule has 0 saturated carbocycles. The third-order valence-electron chi connectivity index (χ3n) is 6.36. The molecule has 2 aliphatic rings. The Kier molecular flexibility index (Phi) is 4.68. The normalized spacial score (nSPS) is 17.5. The topological polar surface area (TPSA) is 93.4 Å². The van der Waals surface area contributed by atoms with Gasteiger partial charge < -0.3 is 4.90 Å². The first kappa shape index (κ1) is 19.9. The fourth-order valence-electron chi connectivity index (χ4n) is 4.89. The van der Waals surface area contributed by atoms with E-state index in [1.54, 1.807) is 30.2 Å². The lowest BCUT2D eigenvalue weighted by Gasteiger charge is -2.23. The zero-order chi connectivity index (χ0) is 21.8. The van der Waals surface area contributed by atoms with Crippen LogP contribution in [0.2, 0.25) is 0 Å². The molecule has 3 aromatic rings. The number of hydrogen-bond donors (Lipinski definition) is 1. The van der Waals surface area contributed by atoms with Crippen LogP contribution < -0.4 is 10.0 Å². The molecule has 1 atom stereocenters. The number of benzene rings is 2. The van der Waals surface area contributed by atoms with Gasteiger partial charge in [0, 0.05) is 24.2 Å². The molecule has 1 aliphatic carbocycles. The van der Waals surface area contributed by atoms with Crippen molar-refractivity contribution in [2.24, 2.45) is 11.1 Å². The summed E-state index contributed by atoms with van der Waals surface area (Å²) in [6.07, 6.45) is 3.86. The molecule has 0 spiro atoms. The third kappa shape index (κ3) is 3.43. The molecular weight excluding hydrogens is 410 g/mol. The predicted molar refractivity (Wildman–Crippen MR) is 119 cm³/mol. The summed E-state index contributed by atoms with van der Waals surface area (Å²) in [6, 6.07) is 15.4. The van der Waals surface area contributed by atoms with Crippen LogP contribution in [0.5, 0.6) is 0 Å². The number of nitrogens with zero attached hydrogens (tertiary/aromatic N) is 2. The highest BCUT2D eigenvalue weighted by Crippen LogP contribution is 2.38. The molecule has 0 bridgehead atoms. The first-order chi connectivity index (χ1) is 14.8. The van der Waals surface area contributed by atoms with E-state index in [0.717, 1.165) is 23.2 Å². The summed E-state index contributed by atoms with van der Waals surface area (Å²) in [5, 5.41) is 5.38. The van der Waals surface area contributed by atoms with Crippen molar-refractivity contribution in [2.45, 2.75) is 31.1 Å². The van der Waals surface area contributed by atoms with Gasteiger partial charge >= 0.3 is 0 Å². The van der Waals surface area contributed by atoms with Crippen molar-refractivity contribution in [1.29, 1.82) is 0 Å². The number of pyridine rings is 1. The maximum atomic E-state index is 13.5. The average molecular weight is 434 g/mol. The van der Waals surface area contributed by atoms with E-state index in [1.807, 2.05) is 18.2 Å². The number of sulfonamides is 1. The van der Waals surface area contributed by atoms with E-state index in [1.165, 1.54) is 11.1 Å². The smallest absolute Gasteiger partial charge is 0.238 e. The second-order valence-electron chi connectivity index (χ2n) is 8.28. The fraction of sp³-hybridized carbons (Fsp3) is 0.250. The Labute approximate surface area is 181 Å². The van der Waals surface area contributed by atoms with Gasteiger partial charge in [0.15, 0.2) is 0 Å². The average Bonchev–Trinajstić information content (AvgIpc) is 3.37. The number of aromatic nitrogens is 1. The molecule has 7 heteroatoms. The number of nitrogens with two attached hydrogens (primary N) is 1. The van der Waals surface area contributed by atoms with Crippen LogP contribution in [-0.4, -0.2) is 25.9 Å². The fourth-order valence-corrected chi connectivity index (χ4v) is 5.68. The van der Waals surface area contributed by atoms with E-state index in [-0.39, 0.29) is 16.7 Å². The molecule has 0 radical (unpaired) electrons. The SMILES string of the molecule is Cc1c(S(N)(=O)=O)ccc2c1N(C(=O)C1Cc3ccc(-c4ccccn4)cc3C1)CC2. The van der Waals surface area contributed by atoms with Crippen molar-refractivity contribution in [2.75, 3.05) is 11.4 Å². The molecule has 31 heavy (non-hydrogen) atoms. The molecule has 5 rings (SSSR count). The van der Waals surface area contributed by atoms with E-state index in [2.05, 4.69) is 23.2 Å². The summed E-state index contributed by atoms with van der Waals surface area (Å²) >= 11 is 0. The Morgan fingerprint density at radius 1 is 1.06 bits per heavy atom. The monoisotopic (exact) mass is 433 g/mol. The molecule has 0 saturated heterocycles. The van der Waals surface area contributed by atoms with Crippen LogP contribution in [0.1, 0.15) is 22.3 Å². The summed E-state index contributed by atoms with van der Waals surface area (Å²) in [7, 11) is -3.84. The summed E-state index contributed by atoms with van der Waals surface area (Å²) in [6.45, 7) is 2.29. The van der Waals surface area contributed by atoms with E-state index < -0.39 is 10.0 Å². The number of primary sulfonamides is 1. The van der Waals surface area contributed by atoms with Crippen molar-refractivity contribution in [3.05, 3.63) is 77.0 Å². The van der Waals surface area contributed by atoms with Gasteiger partial charge in [0.2, 0.25) is 15.9 Å². The maximum absolute atomic E-state index is 13.5. The van der Waals surface area contributed by atoms with Gasteiger partial charge in [0.1, 0.15) is 0 Å². The minimum Gasteiger partial charge on any atom is -0.311 e. The molecule has 2 heterocycles. The van der Waals surface area contributed by atoms with Crippen LogP contribution in [0.15, 0.2) is 59.6 Å². The number of fused-ring (bicyclic) bond motifs is 2. The van der Waals surface area contributed by atoms with Gasteiger partial charge in [-0.1, -0.05) is 24.3 Å². The third-order valence-corrected chi connectivity index (χ3v) is 7.42. The molecule has 1 aromatic heterocycles. The lowest BCUT2D eigenvalue weighted by Crippen LogP contribution is -2.35. The number of rotatable bonds is 3. The second-order valence-corrected chi connectivity index (χ2v) is 9.81. The van der Waals surface area contributed by atoms with Crippen LogP contribution in [0.25, 0.3) is 11.3 Å². The Hall–Kier alpha value is -3.03. The van der Waals surface area contributed by atoms with Crippen molar-refractivity contribution in [3.63, 3.8) is 0 Å². The van der Waals surface area contributed by atoms with E-state index in [9.17, 15) is 13.2 Å². The van der Waals surface area contributed by atoms with Crippen LogP contribution in [-0.2, 0) is 34.1 Å². The Bertz CT molecular complexity index is 1300. The van der Waals surface area contributed by atoms with Crippen molar-refractivity contribution >= 4 is 21.6 Å². The van der Waals surface area contributed by atoms with Crippen molar-refractivity contribution < 1.29 is 13.2 Å². The van der Waals surface area contributed by atoms with Gasteiger partial charge in [-0.25, -0.2) is 13.6 Å². The van der Waals surface area contributed by atoms with Gasteiger partial charge in [-0.05, 0) is 72.7 Å². The zero-order valence-electron chi connectivity index (χ0n) is 17.2. The summed E-state index contributed by atoms with van der Waals surface area (Å²) in [5.74, 6) is -0.110. The van der Waals surface area contributed by atoms with Crippen LogP contribution in [0.4, 0.5) is 5.69 Å². The Morgan fingerprint density at radius 2 is 1.84 bits per heavy atom. The van der Waals surface area contributed by atoms with Crippen molar-refractivity contribution in [3.8, 4) is 11.3 Å². The minimum absolute atomic E-state index is 0.0454. The Balaban J connectivity index is 1.43. The van der Waals surface area contributed by atoms with Crippen LogP contribution >= 0.6 is 0 Å². The first-order valence-electron chi connectivity index (χ1n) is 10.3. The predicted octanol–water partition coefficient (Wildman–Crippen LogP) is 3.01. The molecule has 6 nitrogen and oxygen atoms in total. The van der Waals surface area contributed by atoms with Gasteiger partial charge in [-0.2, -0.15) is 0 Å². The summed E-state index contributed by atoms with van der Waals surface area (Å²) < 4.78 is 23.9. The Morgan fingerprint density at radius 3 is 2.58 bits per heavy atom. The minimum atomic E-state index is -3.84. The van der Waals surface area contributed by atoms with Gasteiger partial charge in [-0.15, -0.1) is 0 Å². The summed E-state index contributed by atoms with van der Waals surface area (Å²) in [4.78, 5) is 19.7. The van der Waals surface area contributed by atoms with E-state index in [4.69, 9.17) is 5.14 Å². The molecule has 1 unspecified atom stereocenters. The lowest BCUT2D eigenvalue weighted by atomic mass is 10.0. The van der Waals surface area contributed by atoms with Gasteiger partial charge in [-0.3, -0.25) is 9.78 Å². The molecule has 0 fully saturated rings. The van der Waals surface area contributed by atoms with Crippen molar-refractivity contribution in [1.82, 2.24) is 4.98 Å². The van der Waals surface area contributed by atoms with E-state index in [0.29, 0.717) is 30.6 Å². The number of carbonyl (C=O) groups excluding carboxylic acids is 1. The molecule has 158 valence electrons. The lowest BCUT2D eigenvalue weighted by molar-refractivity contribution is -0.122. The molecule has 1 amide bonds.